The number of sulfonamides is 1. The first-order valence-corrected chi connectivity index (χ1v) is 9.91. The normalized spacial score (nSPS) is 25.4. The summed E-state index contributed by atoms with van der Waals surface area (Å²) in [6.45, 7) is 3.52. The van der Waals surface area contributed by atoms with Gasteiger partial charge in [-0.05, 0) is 32.1 Å². The second-order valence-electron chi connectivity index (χ2n) is 6.58. The molecule has 134 valence electrons. The molecule has 1 N–H and O–H groups in total. The van der Waals surface area contributed by atoms with E-state index in [9.17, 15) is 13.2 Å². The van der Waals surface area contributed by atoms with Gasteiger partial charge < -0.3 is 4.74 Å². The van der Waals surface area contributed by atoms with Crippen LogP contribution in [0.5, 0.6) is 0 Å². The first-order chi connectivity index (χ1) is 11.4. The molecule has 2 saturated heterocycles. The minimum absolute atomic E-state index is 0.0111. The Kier molecular flexibility index (Phi) is 4.93. The number of carbonyl (C=O) groups excluding carboxylic acids is 1. The molecule has 0 saturated carbocycles. The molecule has 0 unspecified atom stereocenters. The maximum atomic E-state index is 12.7. The fourth-order valence-corrected chi connectivity index (χ4v) is 4.98. The van der Waals surface area contributed by atoms with Gasteiger partial charge in [0.05, 0.1) is 18.1 Å². The molecule has 2 aliphatic rings. The van der Waals surface area contributed by atoms with Gasteiger partial charge in [0.2, 0.25) is 15.9 Å². The third kappa shape index (κ3) is 3.79. The molecule has 0 spiro atoms. The number of aryl methyl sites for hydroxylation is 2. The van der Waals surface area contributed by atoms with Crippen LogP contribution >= 0.6 is 0 Å². The Labute approximate surface area is 142 Å². The number of ether oxygens (including phenoxy) is 1. The SMILES string of the molecule is Cc1cc(N2CCC[C@@H](NS(=O)(=O)C[C@@H]3CCOC3)C2=O)n(C)n1. The second kappa shape index (κ2) is 6.81. The smallest absolute Gasteiger partial charge is 0.246 e. The van der Waals surface area contributed by atoms with Gasteiger partial charge in [-0.1, -0.05) is 0 Å². The summed E-state index contributed by atoms with van der Waals surface area (Å²) < 4.78 is 34.2. The maximum Gasteiger partial charge on any atom is 0.246 e. The van der Waals surface area contributed by atoms with Crippen molar-refractivity contribution >= 4 is 21.7 Å². The lowest BCUT2D eigenvalue weighted by Gasteiger charge is -2.32. The summed E-state index contributed by atoms with van der Waals surface area (Å²) in [5, 5.41) is 4.26. The minimum atomic E-state index is -3.51. The molecule has 1 aromatic rings. The van der Waals surface area contributed by atoms with Crippen LogP contribution < -0.4 is 9.62 Å². The first-order valence-electron chi connectivity index (χ1n) is 8.25. The zero-order valence-corrected chi connectivity index (χ0v) is 14.9. The van der Waals surface area contributed by atoms with Crippen molar-refractivity contribution in [2.45, 2.75) is 32.2 Å². The van der Waals surface area contributed by atoms with Gasteiger partial charge >= 0.3 is 0 Å². The van der Waals surface area contributed by atoms with Crippen LogP contribution in [0.3, 0.4) is 0 Å². The number of carbonyl (C=O) groups is 1. The van der Waals surface area contributed by atoms with E-state index < -0.39 is 16.1 Å². The fraction of sp³-hybridized carbons (Fsp3) is 0.733. The van der Waals surface area contributed by atoms with Gasteiger partial charge in [-0.2, -0.15) is 5.10 Å². The van der Waals surface area contributed by atoms with Crippen LogP contribution in [0.15, 0.2) is 6.07 Å². The Bertz CT molecular complexity index is 709. The average Bonchev–Trinajstić information content (AvgIpc) is 3.10. The second-order valence-corrected chi connectivity index (χ2v) is 8.38. The highest BCUT2D eigenvalue weighted by Gasteiger charge is 2.35. The Hall–Kier alpha value is -1.45. The molecule has 2 aliphatic heterocycles. The van der Waals surface area contributed by atoms with Gasteiger partial charge in [0.1, 0.15) is 11.9 Å². The summed E-state index contributed by atoms with van der Waals surface area (Å²) in [5.74, 6) is 0.514. The number of rotatable bonds is 5. The van der Waals surface area contributed by atoms with Gasteiger partial charge in [-0.25, -0.2) is 13.1 Å². The third-order valence-corrected chi connectivity index (χ3v) is 6.05. The van der Waals surface area contributed by atoms with Crippen molar-refractivity contribution in [2.24, 2.45) is 13.0 Å². The lowest BCUT2D eigenvalue weighted by atomic mass is 10.1. The predicted octanol–water partition coefficient (Wildman–Crippen LogP) is 0.180. The lowest BCUT2D eigenvalue weighted by Crippen LogP contribution is -2.53. The molecule has 24 heavy (non-hydrogen) atoms. The van der Waals surface area contributed by atoms with Gasteiger partial charge in [0.25, 0.3) is 0 Å². The average molecular weight is 356 g/mol. The molecule has 3 heterocycles. The zero-order valence-electron chi connectivity index (χ0n) is 14.1. The van der Waals surface area contributed by atoms with E-state index >= 15 is 0 Å². The fourth-order valence-electron chi connectivity index (χ4n) is 3.35. The quantitative estimate of drug-likeness (QED) is 0.812. The lowest BCUT2D eigenvalue weighted by molar-refractivity contribution is -0.121. The number of piperidine rings is 1. The van der Waals surface area contributed by atoms with Crippen molar-refractivity contribution in [3.05, 3.63) is 11.8 Å². The number of amides is 1. The third-order valence-electron chi connectivity index (χ3n) is 4.49. The van der Waals surface area contributed by atoms with Gasteiger partial charge in [-0.15, -0.1) is 0 Å². The highest BCUT2D eigenvalue weighted by atomic mass is 32.2. The number of hydrogen-bond acceptors (Lipinski definition) is 5. The monoisotopic (exact) mass is 356 g/mol. The van der Waals surface area contributed by atoms with E-state index in [0.717, 1.165) is 18.5 Å². The van der Waals surface area contributed by atoms with Crippen molar-refractivity contribution in [3.8, 4) is 0 Å². The van der Waals surface area contributed by atoms with E-state index in [1.165, 1.54) is 0 Å². The number of nitrogens with zero attached hydrogens (tertiary/aromatic N) is 3. The molecule has 2 fully saturated rings. The Balaban J connectivity index is 1.69. The highest BCUT2D eigenvalue weighted by Crippen LogP contribution is 2.22. The molecule has 8 nitrogen and oxygen atoms in total. The number of hydrogen-bond donors (Lipinski definition) is 1. The van der Waals surface area contributed by atoms with Gasteiger partial charge in [0, 0.05) is 26.3 Å². The summed E-state index contributed by atoms with van der Waals surface area (Å²) in [6.07, 6.45) is 2.02. The van der Waals surface area contributed by atoms with Crippen LogP contribution in [0.2, 0.25) is 0 Å². The van der Waals surface area contributed by atoms with Crippen LogP contribution in [0.1, 0.15) is 25.0 Å². The summed E-state index contributed by atoms with van der Waals surface area (Å²) in [4.78, 5) is 14.4. The van der Waals surface area contributed by atoms with Crippen molar-refractivity contribution < 1.29 is 17.9 Å². The van der Waals surface area contributed by atoms with Crippen molar-refractivity contribution in [1.82, 2.24) is 14.5 Å². The van der Waals surface area contributed by atoms with E-state index in [4.69, 9.17) is 4.74 Å². The molecule has 1 amide bonds. The van der Waals surface area contributed by atoms with Crippen molar-refractivity contribution in [1.29, 1.82) is 0 Å². The van der Waals surface area contributed by atoms with Crippen LogP contribution in [0.4, 0.5) is 5.82 Å². The summed E-state index contributed by atoms with van der Waals surface area (Å²) in [7, 11) is -1.73. The van der Waals surface area contributed by atoms with E-state index in [0.29, 0.717) is 32.0 Å². The predicted molar refractivity (Wildman–Crippen MR) is 89.2 cm³/mol. The van der Waals surface area contributed by atoms with Crippen LogP contribution in [-0.4, -0.2) is 55.7 Å². The van der Waals surface area contributed by atoms with Crippen LogP contribution in [0.25, 0.3) is 0 Å². The van der Waals surface area contributed by atoms with E-state index in [1.807, 2.05) is 13.0 Å². The van der Waals surface area contributed by atoms with Gasteiger partial charge in [-0.3, -0.25) is 14.4 Å². The molecule has 0 radical (unpaired) electrons. The van der Waals surface area contributed by atoms with Crippen LogP contribution in [0, 0.1) is 12.8 Å². The molecule has 3 rings (SSSR count). The van der Waals surface area contributed by atoms with Crippen molar-refractivity contribution in [3.63, 3.8) is 0 Å². The Morgan fingerprint density at radius 1 is 1.42 bits per heavy atom. The Morgan fingerprint density at radius 3 is 2.83 bits per heavy atom. The topological polar surface area (TPSA) is 93.5 Å². The zero-order chi connectivity index (χ0) is 17.3. The first kappa shape index (κ1) is 17.4. The number of aromatic nitrogens is 2. The molecular formula is C15H24N4O4S. The Morgan fingerprint density at radius 2 is 2.21 bits per heavy atom. The molecule has 1 aromatic heterocycles. The van der Waals surface area contributed by atoms with E-state index in [-0.39, 0.29) is 17.6 Å². The van der Waals surface area contributed by atoms with Crippen molar-refractivity contribution in [2.75, 3.05) is 30.4 Å². The molecule has 0 bridgehead atoms. The van der Waals surface area contributed by atoms with Crippen LogP contribution in [-0.2, 0) is 26.6 Å². The van der Waals surface area contributed by atoms with E-state index in [2.05, 4.69) is 9.82 Å². The summed E-state index contributed by atoms with van der Waals surface area (Å²) in [6, 6.07) is 1.13. The van der Waals surface area contributed by atoms with Gasteiger partial charge in [0.15, 0.2) is 0 Å². The molecular weight excluding hydrogens is 332 g/mol. The standard InChI is InChI=1S/C15H24N4O4S/c1-11-8-14(18(2)16-11)19-6-3-4-13(15(19)20)17-24(21,22)10-12-5-7-23-9-12/h8,12-13,17H,3-7,9-10H2,1-2H3/t12-,13-/m1/s1. The number of nitrogens with one attached hydrogen (secondary N) is 1. The number of anilines is 1. The minimum Gasteiger partial charge on any atom is -0.381 e. The largest absolute Gasteiger partial charge is 0.381 e. The highest BCUT2D eigenvalue weighted by molar-refractivity contribution is 7.89. The molecule has 0 aromatic carbocycles. The summed E-state index contributed by atoms with van der Waals surface area (Å²) in [5.41, 5.74) is 0.823. The molecule has 2 atom stereocenters. The molecule has 0 aliphatic carbocycles. The van der Waals surface area contributed by atoms with E-state index in [1.54, 1.807) is 16.6 Å². The maximum absolute atomic E-state index is 12.7. The summed E-state index contributed by atoms with van der Waals surface area (Å²) >= 11 is 0. The molecule has 9 heteroatoms.